The molecule has 0 aliphatic heterocycles. The Morgan fingerprint density at radius 3 is 1.92 bits per heavy atom. The fraction of sp³-hybridized carbons (Fsp3) is 0.167. The number of nitrogens with two attached hydrogens (primary N) is 1. The van der Waals surface area contributed by atoms with Gasteiger partial charge in [-0.25, -0.2) is 4.79 Å². The number of carbonyl (C=O) groups excluding carboxylic acids is 1. The summed E-state index contributed by atoms with van der Waals surface area (Å²) < 4.78 is 0. The summed E-state index contributed by atoms with van der Waals surface area (Å²) in [5, 5.41) is 20.1. The lowest BCUT2D eigenvalue weighted by molar-refractivity contribution is -0.140. The zero-order valence-electron chi connectivity index (χ0n) is 13.3. The standard InChI is InChI=1S/C18H18N2O5/c19-14-7-5-12(6-8-14)11-1-3-13(4-2-11)17(23)20-15(18(24)25)9-10-16(21)22/h1-8,15H,9-10,19H2,(H,20,23)(H,21,22)(H,24,25). The second-order valence-corrected chi connectivity index (χ2v) is 5.50. The number of nitrogen functional groups attached to an aromatic ring is 1. The van der Waals surface area contributed by atoms with Crippen LogP contribution in [0.25, 0.3) is 11.1 Å². The van der Waals surface area contributed by atoms with E-state index in [1.54, 1.807) is 36.4 Å². The third kappa shape index (κ3) is 5.07. The molecular formula is C18H18N2O5. The molecule has 5 N–H and O–H groups in total. The van der Waals surface area contributed by atoms with E-state index in [2.05, 4.69) is 5.32 Å². The van der Waals surface area contributed by atoms with Gasteiger partial charge in [0.2, 0.25) is 0 Å². The number of benzene rings is 2. The first-order valence-corrected chi connectivity index (χ1v) is 7.58. The SMILES string of the molecule is Nc1ccc(-c2ccc(C(=O)NC(CCC(=O)O)C(=O)O)cc2)cc1. The summed E-state index contributed by atoms with van der Waals surface area (Å²) in [6.07, 6.45) is -0.521. The number of hydrogen-bond donors (Lipinski definition) is 4. The largest absolute Gasteiger partial charge is 0.481 e. The van der Waals surface area contributed by atoms with Crippen molar-refractivity contribution in [2.75, 3.05) is 5.73 Å². The smallest absolute Gasteiger partial charge is 0.326 e. The number of rotatable bonds is 7. The minimum atomic E-state index is -1.27. The molecule has 0 aromatic heterocycles. The van der Waals surface area contributed by atoms with Crippen LogP contribution in [0.2, 0.25) is 0 Å². The lowest BCUT2D eigenvalue weighted by Crippen LogP contribution is -2.41. The van der Waals surface area contributed by atoms with Gasteiger partial charge in [0.15, 0.2) is 0 Å². The van der Waals surface area contributed by atoms with E-state index in [0.717, 1.165) is 11.1 Å². The number of aliphatic carboxylic acids is 2. The molecule has 0 spiro atoms. The molecule has 1 atom stereocenters. The quantitative estimate of drug-likeness (QED) is 0.569. The minimum absolute atomic E-state index is 0.181. The van der Waals surface area contributed by atoms with Gasteiger partial charge in [0.25, 0.3) is 5.91 Å². The summed E-state index contributed by atoms with van der Waals surface area (Å²) in [7, 11) is 0. The zero-order chi connectivity index (χ0) is 18.4. The molecular weight excluding hydrogens is 324 g/mol. The number of carboxylic acid groups (broad SMARTS) is 2. The summed E-state index contributed by atoms with van der Waals surface area (Å²) in [4.78, 5) is 33.8. The summed E-state index contributed by atoms with van der Waals surface area (Å²) in [6, 6.07) is 12.7. The Bertz CT molecular complexity index is 769. The van der Waals surface area contributed by atoms with Gasteiger partial charge in [-0.2, -0.15) is 0 Å². The molecule has 0 fully saturated rings. The van der Waals surface area contributed by atoms with E-state index in [1.807, 2.05) is 12.1 Å². The van der Waals surface area contributed by atoms with Crippen LogP contribution >= 0.6 is 0 Å². The highest BCUT2D eigenvalue weighted by atomic mass is 16.4. The van der Waals surface area contributed by atoms with Gasteiger partial charge in [-0.3, -0.25) is 9.59 Å². The van der Waals surface area contributed by atoms with Crippen molar-refractivity contribution in [3.05, 3.63) is 54.1 Å². The molecule has 0 heterocycles. The fourth-order valence-corrected chi connectivity index (χ4v) is 2.26. The van der Waals surface area contributed by atoms with Gasteiger partial charge in [-0.15, -0.1) is 0 Å². The molecule has 0 aliphatic carbocycles. The maximum atomic E-state index is 12.2. The van der Waals surface area contributed by atoms with Crippen LogP contribution in [0.1, 0.15) is 23.2 Å². The number of anilines is 1. The Labute approximate surface area is 144 Å². The number of amides is 1. The summed E-state index contributed by atoms with van der Waals surface area (Å²) in [5.41, 5.74) is 8.41. The normalized spacial score (nSPS) is 11.5. The van der Waals surface area contributed by atoms with Gasteiger partial charge in [-0.1, -0.05) is 24.3 Å². The number of hydrogen-bond acceptors (Lipinski definition) is 4. The lowest BCUT2D eigenvalue weighted by atomic mass is 10.0. The highest BCUT2D eigenvalue weighted by molar-refractivity contribution is 5.97. The third-order valence-corrected chi connectivity index (χ3v) is 3.64. The second kappa shape index (κ2) is 7.96. The number of carbonyl (C=O) groups is 3. The van der Waals surface area contributed by atoms with E-state index in [0.29, 0.717) is 11.3 Å². The molecule has 0 radical (unpaired) electrons. The van der Waals surface area contributed by atoms with Gasteiger partial charge in [0.05, 0.1) is 0 Å². The van der Waals surface area contributed by atoms with Crippen LogP contribution in [0.4, 0.5) is 5.69 Å². The molecule has 2 rings (SSSR count). The van der Waals surface area contributed by atoms with Gasteiger partial charge in [-0.05, 0) is 41.8 Å². The molecule has 130 valence electrons. The van der Waals surface area contributed by atoms with E-state index in [1.165, 1.54) is 0 Å². The van der Waals surface area contributed by atoms with Crippen LogP contribution in [0.5, 0.6) is 0 Å². The predicted molar refractivity (Wildman–Crippen MR) is 92.1 cm³/mol. The van der Waals surface area contributed by atoms with E-state index >= 15 is 0 Å². The summed E-state index contributed by atoms with van der Waals surface area (Å²) in [6.45, 7) is 0. The summed E-state index contributed by atoms with van der Waals surface area (Å²) in [5.74, 6) is -2.96. The Balaban J connectivity index is 2.07. The summed E-state index contributed by atoms with van der Waals surface area (Å²) >= 11 is 0. The Hall–Kier alpha value is -3.35. The Kier molecular flexibility index (Phi) is 5.73. The van der Waals surface area contributed by atoms with Crippen molar-refractivity contribution in [1.82, 2.24) is 5.32 Å². The van der Waals surface area contributed by atoms with Gasteiger partial charge >= 0.3 is 11.9 Å². The van der Waals surface area contributed by atoms with E-state index < -0.39 is 23.9 Å². The van der Waals surface area contributed by atoms with Crippen LogP contribution in [0.15, 0.2) is 48.5 Å². The Morgan fingerprint density at radius 1 is 0.920 bits per heavy atom. The van der Waals surface area contributed by atoms with Crippen LogP contribution in [-0.4, -0.2) is 34.1 Å². The van der Waals surface area contributed by atoms with Crippen molar-refractivity contribution in [1.29, 1.82) is 0 Å². The maximum absolute atomic E-state index is 12.2. The highest BCUT2D eigenvalue weighted by Crippen LogP contribution is 2.21. The average molecular weight is 342 g/mol. The van der Waals surface area contributed by atoms with Crippen molar-refractivity contribution in [2.24, 2.45) is 0 Å². The highest BCUT2D eigenvalue weighted by Gasteiger charge is 2.21. The monoisotopic (exact) mass is 342 g/mol. The molecule has 0 aliphatic rings. The van der Waals surface area contributed by atoms with Gasteiger partial charge in [0, 0.05) is 17.7 Å². The van der Waals surface area contributed by atoms with Crippen LogP contribution < -0.4 is 11.1 Å². The van der Waals surface area contributed by atoms with Crippen molar-refractivity contribution in [3.63, 3.8) is 0 Å². The van der Waals surface area contributed by atoms with Crippen molar-refractivity contribution >= 4 is 23.5 Å². The number of nitrogens with one attached hydrogen (secondary N) is 1. The van der Waals surface area contributed by atoms with Crippen molar-refractivity contribution in [2.45, 2.75) is 18.9 Å². The second-order valence-electron chi connectivity index (χ2n) is 5.50. The van der Waals surface area contributed by atoms with Crippen LogP contribution in [-0.2, 0) is 9.59 Å². The van der Waals surface area contributed by atoms with Crippen LogP contribution in [0, 0.1) is 0 Å². The molecule has 0 bridgehead atoms. The first-order chi connectivity index (χ1) is 11.9. The first kappa shape index (κ1) is 18.0. The van der Waals surface area contributed by atoms with E-state index in [-0.39, 0.29) is 12.8 Å². The minimum Gasteiger partial charge on any atom is -0.481 e. The van der Waals surface area contributed by atoms with E-state index in [4.69, 9.17) is 15.9 Å². The van der Waals surface area contributed by atoms with Crippen molar-refractivity contribution < 1.29 is 24.6 Å². The number of carboxylic acids is 2. The molecule has 0 saturated carbocycles. The van der Waals surface area contributed by atoms with Crippen molar-refractivity contribution in [3.8, 4) is 11.1 Å². The fourth-order valence-electron chi connectivity index (χ4n) is 2.26. The first-order valence-electron chi connectivity index (χ1n) is 7.58. The molecule has 2 aromatic carbocycles. The van der Waals surface area contributed by atoms with E-state index in [9.17, 15) is 14.4 Å². The molecule has 1 unspecified atom stereocenters. The molecule has 1 amide bonds. The van der Waals surface area contributed by atoms with Gasteiger partial charge in [0.1, 0.15) is 6.04 Å². The molecule has 0 saturated heterocycles. The average Bonchev–Trinajstić information content (AvgIpc) is 2.58. The maximum Gasteiger partial charge on any atom is 0.326 e. The Morgan fingerprint density at radius 2 is 1.44 bits per heavy atom. The topological polar surface area (TPSA) is 130 Å². The molecule has 7 heteroatoms. The van der Waals surface area contributed by atoms with Gasteiger partial charge < -0.3 is 21.3 Å². The predicted octanol–water partition coefficient (Wildman–Crippen LogP) is 1.98. The van der Waals surface area contributed by atoms with Crippen LogP contribution in [0.3, 0.4) is 0 Å². The molecule has 25 heavy (non-hydrogen) atoms. The third-order valence-electron chi connectivity index (χ3n) is 3.64. The molecule has 2 aromatic rings. The zero-order valence-corrected chi connectivity index (χ0v) is 13.3. The lowest BCUT2D eigenvalue weighted by Gasteiger charge is -2.13. The molecule has 7 nitrogen and oxygen atoms in total.